The number of rotatable bonds is 17. The Kier molecular flexibility index (Phi) is 15.4. The average Bonchev–Trinajstić information content (AvgIpc) is 2.69. The van der Waals surface area contributed by atoms with Crippen molar-refractivity contribution in [1.82, 2.24) is 15.4 Å². The van der Waals surface area contributed by atoms with E-state index in [-0.39, 0.29) is 51.3 Å². The van der Waals surface area contributed by atoms with Crippen LogP contribution in [0.15, 0.2) is 0 Å². The first-order chi connectivity index (χ1) is 13.8. The molecule has 5 N–H and O–H groups in total. The van der Waals surface area contributed by atoms with Crippen LogP contribution in [0, 0.1) is 0 Å². The highest BCUT2D eigenvalue weighted by molar-refractivity contribution is 5.83. The fourth-order valence-electron chi connectivity index (χ4n) is 2.37. The second-order valence-electron chi connectivity index (χ2n) is 6.62. The molecule has 0 atom stereocenters. The Morgan fingerprint density at radius 1 is 0.690 bits per heavy atom. The maximum absolute atomic E-state index is 11.7. The van der Waals surface area contributed by atoms with Gasteiger partial charge in [-0.3, -0.25) is 29.6 Å². The van der Waals surface area contributed by atoms with Crippen molar-refractivity contribution < 1.29 is 39.8 Å². The number of amides is 3. The standard InChI is InChI=1S/C18H33N3O8/c22-14-6-2-5-13-20(28)16(24)8-7-15(23)19-11-3-1-4-12-21(29)17(25)9-10-18(26)27/h22,28-29H,1-14H2,(H,19,23)(H,26,27). The molecule has 0 heterocycles. The molecule has 29 heavy (non-hydrogen) atoms. The quantitative estimate of drug-likeness (QED) is 0.129. The highest BCUT2D eigenvalue weighted by Gasteiger charge is 2.13. The minimum Gasteiger partial charge on any atom is -0.481 e. The molecule has 0 saturated carbocycles. The van der Waals surface area contributed by atoms with Crippen molar-refractivity contribution in [1.29, 1.82) is 0 Å². The lowest BCUT2D eigenvalue weighted by Gasteiger charge is -2.15. The van der Waals surface area contributed by atoms with Crippen LogP contribution in [0.1, 0.15) is 64.2 Å². The van der Waals surface area contributed by atoms with Gasteiger partial charge in [-0.25, -0.2) is 10.1 Å². The van der Waals surface area contributed by atoms with Gasteiger partial charge in [0.25, 0.3) is 0 Å². The number of hydrogen-bond donors (Lipinski definition) is 5. The summed E-state index contributed by atoms with van der Waals surface area (Å²) in [6.45, 7) is 0.713. The molecule has 11 nitrogen and oxygen atoms in total. The van der Waals surface area contributed by atoms with Gasteiger partial charge in [-0.05, 0) is 38.5 Å². The molecule has 0 saturated heterocycles. The van der Waals surface area contributed by atoms with E-state index in [1.807, 2.05) is 0 Å². The minimum absolute atomic E-state index is 0.0327. The zero-order valence-corrected chi connectivity index (χ0v) is 16.7. The first kappa shape index (κ1) is 26.8. The lowest BCUT2D eigenvalue weighted by atomic mass is 10.2. The fourth-order valence-corrected chi connectivity index (χ4v) is 2.37. The van der Waals surface area contributed by atoms with Gasteiger partial charge in [0.15, 0.2) is 0 Å². The zero-order valence-electron chi connectivity index (χ0n) is 16.7. The number of carbonyl (C=O) groups excluding carboxylic acids is 3. The highest BCUT2D eigenvalue weighted by Crippen LogP contribution is 2.02. The number of hydroxylamine groups is 4. The van der Waals surface area contributed by atoms with Gasteiger partial charge in [0.05, 0.1) is 6.42 Å². The van der Waals surface area contributed by atoms with E-state index in [0.717, 1.165) is 0 Å². The Hall–Kier alpha value is -2.24. The predicted octanol–water partition coefficient (Wildman–Crippen LogP) is 0.516. The molecule has 0 spiro atoms. The lowest BCUT2D eigenvalue weighted by Crippen LogP contribution is -2.31. The van der Waals surface area contributed by atoms with Crippen LogP contribution in [-0.2, 0) is 19.2 Å². The summed E-state index contributed by atoms with van der Waals surface area (Å²) in [7, 11) is 0. The second-order valence-corrected chi connectivity index (χ2v) is 6.62. The van der Waals surface area contributed by atoms with Gasteiger partial charge in [0.1, 0.15) is 0 Å². The van der Waals surface area contributed by atoms with E-state index in [1.165, 1.54) is 0 Å². The van der Waals surface area contributed by atoms with Gasteiger partial charge in [-0.2, -0.15) is 0 Å². The number of nitrogens with one attached hydrogen (secondary N) is 1. The molecular weight excluding hydrogens is 386 g/mol. The van der Waals surface area contributed by atoms with Crippen molar-refractivity contribution in [2.45, 2.75) is 64.2 Å². The van der Waals surface area contributed by atoms with Gasteiger partial charge in [-0.1, -0.05) is 0 Å². The molecule has 168 valence electrons. The van der Waals surface area contributed by atoms with Crippen LogP contribution in [-0.4, -0.2) is 80.7 Å². The first-order valence-electron chi connectivity index (χ1n) is 9.85. The van der Waals surface area contributed by atoms with Crippen molar-refractivity contribution >= 4 is 23.7 Å². The van der Waals surface area contributed by atoms with Gasteiger partial charge in [0.2, 0.25) is 17.7 Å². The van der Waals surface area contributed by atoms with Crippen LogP contribution < -0.4 is 5.32 Å². The van der Waals surface area contributed by atoms with Crippen molar-refractivity contribution in [2.75, 3.05) is 26.2 Å². The van der Waals surface area contributed by atoms with Crippen LogP contribution in [0.5, 0.6) is 0 Å². The Bertz CT molecular complexity index is 515. The van der Waals surface area contributed by atoms with Gasteiger partial charge in [-0.15, -0.1) is 0 Å². The van der Waals surface area contributed by atoms with Gasteiger partial charge >= 0.3 is 5.97 Å². The summed E-state index contributed by atoms with van der Waals surface area (Å²) in [5.74, 6) is -2.58. The topological polar surface area (TPSA) is 168 Å². The Morgan fingerprint density at radius 3 is 1.72 bits per heavy atom. The Morgan fingerprint density at radius 2 is 1.21 bits per heavy atom. The molecule has 0 aromatic heterocycles. The summed E-state index contributed by atoms with van der Waals surface area (Å²) >= 11 is 0. The number of unbranched alkanes of at least 4 members (excludes halogenated alkanes) is 4. The van der Waals surface area contributed by atoms with E-state index in [0.29, 0.717) is 55.2 Å². The van der Waals surface area contributed by atoms with Crippen LogP contribution in [0.2, 0.25) is 0 Å². The van der Waals surface area contributed by atoms with Crippen molar-refractivity contribution in [2.24, 2.45) is 0 Å². The van der Waals surface area contributed by atoms with Gasteiger partial charge < -0.3 is 15.5 Å². The molecular formula is C18H33N3O8. The van der Waals surface area contributed by atoms with Crippen LogP contribution in [0.25, 0.3) is 0 Å². The third-order valence-corrected chi connectivity index (χ3v) is 4.09. The third kappa shape index (κ3) is 15.4. The zero-order chi connectivity index (χ0) is 22.1. The van der Waals surface area contributed by atoms with Crippen molar-refractivity contribution in [3.8, 4) is 0 Å². The molecule has 0 fully saturated rings. The maximum Gasteiger partial charge on any atom is 0.303 e. The highest BCUT2D eigenvalue weighted by atomic mass is 16.5. The van der Waals surface area contributed by atoms with Crippen LogP contribution in [0.3, 0.4) is 0 Å². The second kappa shape index (κ2) is 16.7. The SMILES string of the molecule is O=C(O)CCC(=O)N(O)CCCCCNC(=O)CCC(=O)N(O)CCCCCO. The number of aliphatic carboxylic acids is 1. The Balaban J connectivity index is 3.70. The summed E-state index contributed by atoms with van der Waals surface area (Å²) in [5.41, 5.74) is 0. The molecule has 3 amide bonds. The van der Waals surface area contributed by atoms with Crippen LogP contribution >= 0.6 is 0 Å². The van der Waals surface area contributed by atoms with E-state index in [9.17, 15) is 29.6 Å². The molecule has 11 heteroatoms. The molecule has 0 aliphatic rings. The molecule has 0 aliphatic heterocycles. The number of aliphatic hydroxyl groups is 1. The van der Waals surface area contributed by atoms with E-state index < -0.39 is 17.8 Å². The van der Waals surface area contributed by atoms with E-state index in [2.05, 4.69) is 5.32 Å². The normalized spacial score (nSPS) is 10.4. The number of carboxylic acids is 1. The van der Waals surface area contributed by atoms with E-state index >= 15 is 0 Å². The molecule has 0 aromatic rings. The van der Waals surface area contributed by atoms with E-state index in [4.69, 9.17) is 10.2 Å². The maximum atomic E-state index is 11.7. The summed E-state index contributed by atoms with van der Waals surface area (Å²) < 4.78 is 0. The molecule has 0 bridgehead atoms. The number of carboxylic acid groups (broad SMARTS) is 1. The average molecular weight is 419 g/mol. The smallest absolute Gasteiger partial charge is 0.303 e. The molecule has 0 aliphatic carbocycles. The summed E-state index contributed by atoms with van der Waals surface area (Å²) in [5, 5.41) is 39.9. The fraction of sp³-hybridized carbons (Fsp3) is 0.778. The third-order valence-electron chi connectivity index (χ3n) is 4.09. The minimum atomic E-state index is -1.10. The Labute approximate surface area is 170 Å². The monoisotopic (exact) mass is 419 g/mol. The molecule has 0 rings (SSSR count). The number of nitrogens with zero attached hydrogens (tertiary/aromatic N) is 2. The summed E-state index contributed by atoms with van der Waals surface area (Å²) in [6.07, 6.45) is 2.93. The number of carbonyl (C=O) groups is 4. The molecule has 0 aromatic carbocycles. The number of aliphatic hydroxyl groups excluding tert-OH is 1. The number of hydrogen-bond acceptors (Lipinski definition) is 7. The predicted molar refractivity (Wildman–Crippen MR) is 101 cm³/mol. The van der Waals surface area contributed by atoms with Crippen LogP contribution in [0.4, 0.5) is 0 Å². The van der Waals surface area contributed by atoms with Gasteiger partial charge in [0, 0.05) is 45.5 Å². The molecule has 0 unspecified atom stereocenters. The van der Waals surface area contributed by atoms with Crippen molar-refractivity contribution in [3.63, 3.8) is 0 Å². The summed E-state index contributed by atoms with van der Waals surface area (Å²) in [4.78, 5) is 45.2. The summed E-state index contributed by atoms with van der Waals surface area (Å²) in [6, 6.07) is 0. The lowest BCUT2D eigenvalue weighted by molar-refractivity contribution is -0.166. The largest absolute Gasteiger partial charge is 0.481 e. The first-order valence-corrected chi connectivity index (χ1v) is 9.85. The van der Waals surface area contributed by atoms with Crippen molar-refractivity contribution in [3.05, 3.63) is 0 Å². The van der Waals surface area contributed by atoms with E-state index in [1.54, 1.807) is 0 Å². The molecule has 0 radical (unpaired) electrons.